The quantitative estimate of drug-likeness (QED) is 0.861. The van der Waals surface area contributed by atoms with Crippen LogP contribution >= 0.6 is 11.6 Å². The summed E-state index contributed by atoms with van der Waals surface area (Å²) in [6.45, 7) is 4.85. The van der Waals surface area contributed by atoms with Gasteiger partial charge in [-0.25, -0.2) is 0 Å². The molecule has 0 bridgehead atoms. The Morgan fingerprint density at radius 3 is 2.88 bits per heavy atom. The minimum Gasteiger partial charge on any atom is -0.493 e. The Kier molecular flexibility index (Phi) is 5.12. The van der Waals surface area contributed by atoms with Gasteiger partial charge in [-0.3, -0.25) is 4.79 Å². The molecule has 1 amide bonds. The van der Waals surface area contributed by atoms with Crippen LogP contribution in [0.4, 0.5) is 0 Å². The van der Waals surface area contributed by atoms with E-state index < -0.39 is 0 Å². The number of ether oxygens (including phenoxy) is 1. The van der Waals surface area contributed by atoms with E-state index in [-0.39, 0.29) is 5.91 Å². The van der Waals surface area contributed by atoms with E-state index in [2.05, 4.69) is 5.32 Å². The molecule has 0 radical (unpaired) electrons. The third kappa shape index (κ3) is 4.11. The minimum absolute atomic E-state index is 0.00844. The van der Waals surface area contributed by atoms with E-state index in [0.717, 1.165) is 11.3 Å². The molecular formula is C12H16ClNO2. The van der Waals surface area contributed by atoms with Crippen LogP contribution in [0.3, 0.4) is 0 Å². The van der Waals surface area contributed by atoms with Crippen molar-refractivity contribution in [3.63, 3.8) is 0 Å². The summed E-state index contributed by atoms with van der Waals surface area (Å²) in [5, 5.41) is 3.40. The predicted molar refractivity (Wildman–Crippen MR) is 65.0 cm³/mol. The van der Waals surface area contributed by atoms with Crippen LogP contribution in [0.2, 0.25) is 5.02 Å². The number of rotatable bonds is 5. The van der Waals surface area contributed by atoms with E-state index >= 15 is 0 Å². The fourth-order valence-electron chi connectivity index (χ4n) is 1.31. The van der Waals surface area contributed by atoms with Gasteiger partial charge >= 0.3 is 0 Å². The lowest BCUT2D eigenvalue weighted by Crippen LogP contribution is -2.24. The zero-order chi connectivity index (χ0) is 12.0. The molecule has 0 spiro atoms. The summed E-state index contributed by atoms with van der Waals surface area (Å²) in [6.07, 6.45) is 0.371. The molecule has 0 heterocycles. The second-order valence-corrected chi connectivity index (χ2v) is 3.90. The highest BCUT2D eigenvalue weighted by Gasteiger charge is 2.02. The number of hydrogen-bond donors (Lipinski definition) is 1. The topological polar surface area (TPSA) is 38.3 Å². The molecule has 88 valence electrons. The molecule has 1 N–H and O–H groups in total. The molecule has 0 unspecified atom stereocenters. The van der Waals surface area contributed by atoms with Gasteiger partial charge in [-0.2, -0.15) is 0 Å². The van der Waals surface area contributed by atoms with Crippen molar-refractivity contribution in [2.24, 2.45) is 0 Å². The lowest BCUT2D eigenvalue weighted by atomic mass is 10.2. The molecule has 3 nitrogen and oxygen atoms in total. The highest BCUT2D eigenvalue weighted by Crippen LogP contribution is 2.21. The van der Waals surface area contributed by atoms with Gasteiger partial charge in [0, 0.05) is 11.6 Å². The molecule has 0 aliphatic rings. The normalized spacial score (nSPS) is 9.94. The molecular weight excluding hydrogens is 226 g/mol. The number of halogens is 1. The second kappa shape index (κ2) is 6.38. The zero-order valence-electron chi connectivity index (χ0n) is 9.55. The second-order valence-electron chi connectivity index (χ2n) is 3.46. The maximum absolute atomic E-state index is 11.2. The highest BCUT2D eigenvalue weighted by atomic mass is 35.5. The molecule has 0 aliphatic heterocycles. The molecule has 0 aromatic heterocycles. The smallest absolute Gasteiger partial charge is 0.223 e. The Bertz CT molecular complexity index is 366. The molecule has 1 aromatic rings. The summed E-state index contributed by atoms with van der Waals surface area (Å²) < 4.78 is 5.49. The summed E-state index contributed by atoms with van der Waals surface area (Å²) in [5.41, 5.74) is 0.975. The lowest BCUT2D eigenvalue weighted by molar-refractivity contribution is -0.121. The van der Waals surface area contributed by atoms with E-state index in [1.54, 1.807) is 6.07 Å². The average Bonchev–Trinajstić information content (AvgIpc) is 2.22. The number of hydrogen-bond acceptors (Lipinski definition) is 2. The third-order valence-electron chi connectivity index (χ3n) is 2.10. The van der Waals surface area contributed by atoms with Crippen LogP contribution in [0.15, 0.2) is 18.2 Å². The maximum atomic E-state index is 11.2. The van der Waals surface area contributed by atoms with Crippen molar-refractivity contribution >= 4 is 17.5 Å². The Balaban J connectivity index is 2.40. The van der Waals surface area contributed by atoms with Gasteiger partial charge in [-0.05, 0) is 37.6 Å². The van der Waals surface area contributed by atoms with Gasteiger partial charge < -0.3 is 10.1 Å². The molecule has 0 aliphatic carbocycles. The van der Waals surface area contributed by atoms with E-state index in [0.29, 0.717) is 24.6 Å². The average molecular weight is 242 g/mol. The van der Waals surface area contributed by atoms with Crippen molar-refractivity contribution < 1.29 is 9.53 Å². The molecule has 1 aromatic carbocycles. The van der Waals surface area contributed by atoms with Gasteiger partial charge in [0.15, 0.2) is 0 Å². The summed E-state index contributed by atoms with van der Waals surface area (Å²) in [6, 6.07) is 5.42. The largest absolute Gasteiger partial charge is 0.493 e. The number of aryl methyl sites for hydroxylation is 1. The van der Waals surface area contributed by atoms with E-state index in [9.17, 15) is 4.79 Å². The number of amides is 1. The Hall–Kier alpha value is -1.22. The summed E-state index contributed by atoms with van der Waals surface area (Å²) in [4.78, 5) is 11.2. The van der Waals surface area contributed by atoms with Crippen LogP contribution < -0.4 is 10.1 Å². The van der Waals surface area contributed by atoms with Gasteiger partial charge in [0.2, 0.25) is 5.91 Å². The van der Waals surface area contributed by atoms with Crippen molar-refractivity contribution in [1.82, 2.24) is 5.32 Å². The number of benzene rings is 1. The SMILES string of the molecule is CCNC(=O)CCOc1ccc(Cl)cc1C. The van der Waals surface area contributed by atoms with Gasteiger partial charge in [0.05, 0.1) is 13.0 Å². The fraction of sp³-hybridized carbons (Fsp3) is 0.417. The Labute approximate surface area is 101 Å². The van der Waals surface area contributed by atoms with Crippen LogP contribution in [-0.2, 0) is 4.79 Å². The standard InChI is InChI=1S/C12H16ClNO2/c1-3-14-12(15)6-7-16-11-5-4-10(13)8-9(11)2/h4-5,8H,3,6-7H2,1-2H3,(H,14,15). The third-order valence-corrected chi connectivity index (χ3v) is 2.33. The first-order valence-corrected chi connectivity index (χ1v) is 5.67. The number of nitrogens with one attached hydrogen (secondary N) is 1. The van der Waals surface area contributed by atoms with Crippen molar-refractivity contribution in [1.29, 1.82) is 0 Å². The molecule has 0 saturated heterocycles. The lowest BCUT2D eigenvalue weighted by Gasteiger charge is -2.09. The molecule has 4 heteroatoms. The zero-order valence-corrected chi connectivity index (χ0v) is 10.3. The minimum atomic E-state index is 0.00844. The first-order chi connectivity index (χ1) is 7.63. The van der Waals surface area contributed by atoms with Crippen LogP contribution in [0.5, 0.6) is 5.75 Å². The predicted octanol–water partition coefficient (Wildman–Crippen LogP) is 2.55. The van der Waals surface area contributed by atoms with E-state index in [1.165, 1.54) is 0 Å². The van der Waals surface area contributed by atoms with Crippen LogP contribution in [0.25, 0.3) is 0 Å². The van der Waals surface area contributed by atoms with Gasteiger partial charge in [-0.15, -0.1) is 0 Å². The fourth-order valence-corrected chi connectivity index (χ4v) is 1.54. The highest BCUT2D eigenvalue weighted by molar-refractivity contribution is 6.30. The molecule has 0 atom stereocenters. The van der Waals surface area contributed by atoms with Crippen LogP contribution in [0.1, 0.15) is 18.9 Å². The number of carbonyl (C=O) groups excluding carboxylic acids is 1. The van der Waals surface area contributed by atoms with Crippen molar-refractivity contribution in [3.8, 4) is 5.75 Å². The van der Waals surface area contributed by atoms with Crippen LogP contribution in [0, 0.1) is 6.92 Å². The van der Waals surface area contributed by atoms with E-state index in [1.807, 2.05) is 26.0 Å². The monoisotopic (exact) mass is 241 g/mol. The van der Waals surface area contributed by atoms with Gasteiger partial charge in [0.1, 0.15) is 5.75 Å². The maximum Gasteiger partial charge on any atom is 0.223 e. The molecule has 0 saturated carbocycles. The van der Waals surface area contributed by atoms with Crippen molar-refractivity contribution in [3.05, 3.63) is 28.8 Å². The van der Waals surface area contributed by atoms with Gasteiger partial charge in [0.25, 0.3) is 0 Å². The first-order valence-electron chi connectivity index (χ1n) is 5.29. The summed E-state index contributed by atoms with van der Waals surface area (Å²) in [7, 11) is 0. The first kappa shape index (κ1) is 12.8. The van der Waals surface area contributed by atoms with Crippen molar-refractivity contribution in [2.75, 3.05) is 13.2 Å². The van der Waals surface area contributed by atoms with Crippen molar-refractivity contribution in [2.45, 2.75) is 20.3 Å². The summed E-state index contributed by atoms with van der Waals surface area (Å²) in [5.74, 6) is 0.780. The summed E-state index contributed by atoms with van der Waals surface area (Å²) >= 11 is 5.82. The molecule has 16 heavy (non-hydrogen) atoms. The van der Waals surface area contributed by atoms with Crippen LogP contribution in [-0.4, -0.2) is 19.1 Å². The molecule has 0 fully saturated rings. The molecule has 1 rings (SSSR count). The number of carbonyl (C=O) groups is 1. The van der Waals surface area contributed by atoms with E-state index in [4.69, 9.17) is 16.3 Å². The van der Waals surface area contributed by atoms with Gasteiger partial charge in [-0.1, -0.05) is 11.6 Å². The Morgan fingerprint density at radius 1 is 1.50 bits per heavy atom. The Morgan fingerprint density at radius 2 is 2.25 bits per heavy atom.